The van der Waals surface area contributed by atoms with Crippen LogP contribution in [-0.2, 0) is 20.8 Å². The fourth-order valence-electron chi connectivity index (χ4n) is 2.69. The lowest BCUT2D eigenvalue weighted by molar-refractivity contribution is -0.141. The predicted octanol–water partition coefficient (Wildman–Crippen LogP) is 1.26. The van der Waals surface area contributed by atoms with Crippen LogP contribution in [0.15, 0.2) is 18.2 Å². The molecule has 2 aromatic rings. The molecule has 1 amide bonds. The summed E-state index contributed by atoms with van der Waals surface area (Å²) in [7, 11) is 1.61. The topological polar surface area (TPSA) is 91.6 Å². The minimum absolute atomic E-state index is 0.0524. The maximum Gasteiger partial charge on any atom is 0.260 e. The Morgan fingerprint density at radius 3 is 3.07 bits per heavy atom. The van der Waals surface area contributed by atoms with Gasteiger partial charge in [0.15, 0.2) is 6.61 Å². The number of amides is 1. The minimum atomic E-state index is -0.406. The van der Waals surface area contributed by atoms with Crippen LogP contribution < -0.4 is 4.74 Å². The van der Waals surface area contributed by atoms with Gasteiger partial charge in [0.05, 0.1) is 26.3 Å². The van der Waals surface area contributed by atoms with Crippen molar-refractivity contribution in [1.82, 2.24) is 25.1 Å². The van der Waals surface area contributed by atoms with Crippen LogP contribution in [0.2, 0.25) is 5.02 Å². The summed E-state index contributed by atoms with van der Waals surface area (Å²) in [6.45, 7) is 4.09. The van der Waals surface area contributed by atoms with Crippen LogP contribution in [-0.4, -0.2) is 71.0 Å². The van der Waals surface area contributed by atoms with Crippen LogP contribution in [0.5, 0.6) is 5.75 Å². The van der Waals surface area contributed by atoms with Gasteiger partial charge in [-0.2, -0.15) is 4.80 Å². The molecule has 0 N–H and O–H groups in total. The molecular weight excluding hydrogens is 374 g/mol. The predicted molar refractivity (Wildman–Crippen MR) is 96.7 cm³/mol. The third-order valence-corrected chi connectivity index (χ3v) is 4.39. The van der Waals surface area contributed by atoms with Crippen LogP contribution in [0, 0.1) is 6.92 Å². The lowest BCUT2D eigenvalue weighted by Gasteiger charge is -2.31. The molecule has 10 heteroatoms. The van der Waals surface area contributed by atoms with E-state index in [4.69, 9.17) is 25.8 Å². The summed E-state index contributed by atoms with van der Waals surface area (Å²) in [6, 6.07) is 5.29. The highest BCUT2D eigenvalue weighted by atomic mass is 35.5. The van der Waals surface area contributed by atoms with Gasteiger partial charge < -0.3 is 19.1 Å². The summed E-state index contributed by atoms with van der Waals surface area (Å²) in [5.41, 5.74) is 0.882. The van der Waals surface area contributed by atoms with E-state index in [0.29, 0.717) is 49.4 Å². The number of hydrogen-bond donors (Lipinski definition) is 0. The molecule has 0 bridgehead atoms. The molecule has 0 saturated carbocycles. The summed E-state index contributed by atoms with van der Waals surface area (Å²) in [5, 5.41) is 12.9. The van der Waals surface area contributed by atoms with E-state index in [9.17, 15) is 4.79 Å². The van der Waals surface area contributed by atoms with Crippen LogP contribution in [0.4, 0.5) is 0 Å². The standard InChI is InChI=1S/C17H22ClN5O4/c1-12-9-13(18)3-4-14(12)27-11-16(24)22-5-8-26-15(10-22)17-19-21-23(20-17)6-7-25-2/h3-4,9,15H,5-8,10-11H2,1-2H3. The Balaban J connectivity index is 1.55. The number of tetrazole rings is 1. The van der Waals surface area contributed by atoms with Crippen LogP contribution in [0.1, 0.15) is 17.5 Å². The Morgan fingerprint density at radius 2 is 2.30 bits per heavy atom. The normalized spacial score (nSPS) is 17.1. The van der Waals surface area contributed by atoms with E-state index >= 15 is 0 Å². The van der Waals surface area contributed by atoms with Gasteiger partial charge in [-0.3, -0.25) is 4.79 Å². The van der Waals surface area contributed by atoms with Gasteiger partial charge >= 0.3 is 0 Å². The molecule has 1 saturated heterocycles. The van der Waals surface area contributed by atoms with E-state index < -0.39 is 6.10 Å². The molecule has 1 unspecified atom stereocenters. The summed E-state index contributed by atoms with van der Waals surface area (Å²) in [6.07, 6.45) is -0.406. The Hall–Kier alpha value is -2.23. The number of rotatable bonds is 7. The Kier molecular flexibility index (Phi) is 6.59. The van der Waals surface area contributed by atoms with Crippen LogP contribution >= 0.6 is 11.6 Å². The molecule has 1 aromatic heterocycles. The number of ether oxygens (including phenoxy) is 3. The number of nitrogens with zero attached hydrogens (tertiary/aromatic N) is 5. The monoisotopic (exact) mass is 395 g/mol. The van der Waals surface area contributed by atoms with E-state index in [1.165, 1.54) is 4.80 Å². The van der Waals surface area contributed by atoms with E-state index in [0.717, 1.165) is 5.56 Å². The number of aryl methyl sites for hydroxylation is 1. The molecule has 1 aromatic carbocycles. The van der Waals surface area contributed by atoms with Gasteiger partial charge in [0, 0.05) is 18.7 Å². The second-order valence-corrected chi connectivity index (χ2v) is 6.57. The average molecular weight is 396 g/mol. The highest BCUT2D eigenvalue weighted by Crippen LogP contribution is 2.22. The Labute approximate surface area is 162 Å². The molecule has 2 heterocycles. The molecule has 0 radical (unpaired) electrons. The van der Waals surface area contributed by atoms with Gasteiger partial charge in [0.1, 0.15) is 11.9 Å². The second kappa shape index (κ2) is 9.12. The number of carbonyl (C=O) groups excluding carboxylic acids is 1. The van der Waals surface area contributed by atoms with Gasteiger partial charge in [-0.25, -0.2) is 0 Å². The van der Waals surface area contributed by atoms with E-state index in [-0.39, 0.29) is 12.5 Å². The van der Waals surface area contributed by atoms with Crippen molar-refractivity contribution in [2.45, 2.75) is 19.6 Å². The summed E-state index contributed by atoms with van der Waals surface area (Å²) < 4.78 is 16.3. The molecule has 0 aliphatic carbocycles. The smallest absolute Gasteiger partial charge is 0.260 e. The lowest BCUT2D eigenvalue weighted by Crippen LogP contribution is -2.44. The van der Waals surface area contributed by atoms with E-state index in [2.05, 4.69) is 15.4 Å². The first-order chi connectivity index (χ1) is 13.1. The molecular formula is C17H22ClN5O4. The fraction of sp³-hybridized carbons (Fsp3) is 0.529. The molecule has 3 rings (SSSR count). The van der Waals surface area contributed by atoms with E-state index in [1.807, 2.05) is 6.92 Å². The highest BCUT2D eigenvalue weighted by Gasteiger charge is 2.28. The molecule has 9 nitrogen and oxygen atoms in total. The van der Waals surface area contributed by atoms with Crippen molar-refractivity contribution in [2.75, 3.05) is 40.0 Å². The molecule has 0 spiro atoms. The van der Waals surface area contributed by atoms with Crippen molar-refractivity contribution < 1.29 is 19.0 Å². The average Bonchev–Trinajstić information content (AvgIpc) is 3.14. The summed E-state index contributed by atoms with van der Waals surface area (Å²) in [5.74, 6) is 0.975. The molecule has 1 aliphatic heterocycles. The number of carbonyl (C=O) groups is 1. The van der Waals surface area contributed by atoms with Crippen LogP contribution in [0.25, 0.3) is 0 Å². The summed E-state index contributed by atoms with van der Waals surface area (Å²) in [4.78, 5) is 15.7. The van der Waals surface area contributed by atoms with Crippen molar-refractivity contribution in [3.8, 4) is 5.75 Å². The SMILES string of the molecule is COCCn1nnc(C2CN(C(=O)COc3ccc(Cl)cc3C)CCO2)n1. The zero-order valence-corrected chi connectivity index (χ0v) is 16.1. The minimum Gasteiger partial charge on any atom is -0.483 e. The Bertz CT molecular complexity index is 784. The third kappa shape index (κ3) is 5.15. The maximum absolute atomic E-state index is 12.5. The van der Waals surface area contributed by atoms with Crippen molar-refractivity contribution in [1.29, 1.82) is 0 Å². The van der Waals surface area contributed by atoms with Gasteiger partial charge in [-0.1, -0.05) is 11.6 Å². The number of methoxy groups -OCH3 is 1. The zero-order chi connectivity index (χ0) is 19.2. The number of morpholine rings is 1. The zero-order valence-electron chi connectivity index (χ0n) is 15.3. The quantitative estimate of drug-likeness (QED) is 0.696. The number of aromatic nitrogens is 4. The fourth-order valence-corrected chi connectivity index (χ4v) is 2.92. The van der Waals surface area contributed by atoms with Gasteiger partial charge in [-0.15, -0.1) is 10.2 Å². The second-order valence-electron chi connectivity index (χ2n) is 6.13. The highest BCUT2D eigenvalue weighted by molar-refractivity contribution is 6.30. The number of halogens is 1. The van der Waals surface area contributed by atoms with Gasteiger partial charge in [-0.05, 0) is 35.9 Å². The van der Waals surface area contributed by atoms with Gasteiger partial charge in [0.25, 0.3) is 5.91 Å². The first kappa shape index (κ1) is 19.5. The number of hydrogen-bond acceptors (Lipinski definition) is 7. The molecule has 146 valence electrons. The van der Waals surface area contributed by atoms with Crippen molar-refractivity contribution in [3.05, 3.63) is 34.6 Å². The van der Waals surface area contributed by atoms with E-state index in [1.54, 1.807) is 30.2 Å². The van der Waals surface area contributed by atoms with Crippen LogP contribution in [0.3, 0.4) is 0 Å². The molecule has 1 fully saturated rings. The first-order valence-electron chi connectivity index (χ1n) is 8.62. The number of benzene rings is 1. The third-order valence-electron chi connectivity index (χ3n) is 4.16. The molecule has 1 aliphatic rings. The van der Waals surface area contributed by atoms with Crippen molar-refractivity contribution in [2.24, 2.45) is 0 Å². The molecule has 1 atom stereocenters. The lowest BCUT2D eigenvalue weighted by atomic mass is 10.2. The molecule has 27 heavy (non-hydrogen) atoms. The summed E-state index contributed by atoms with van der Waals surface area (Å²) >= 11 is 5.94. The Morgan fingerprint density at radius 1 is 1.44 bits per heavy atom. The first-order valence-corrected chi connectivity index (χ1v) is 8.99. The maximum atomic E-state index is 12.5. The largest absolute Gasteiger partial charge is 0.483 e. The van der Waals surface area contributed by atoms with Gasteiger partial charge in [0.2, 0.25) is 5.82 Å². The van der Waals surface area contributed by atoms with Crippen molar-refractivity contribution in [3.63, 3.8) is 0 Å². The van der Waals surface area contributed by atoms with Crippen molar-refractivity contribution >= 4 is 17.5 Å².